The minimum Gasteiger partial charge on any atom is -0.481 e. The molecule has 0 aliphatic heterocycles. The maximum Gasteiger partial charge on any atom is 0.307 e. The highest BCUT2D eigenvalue weighted by molar-refractivity contribution is 7.23. The molecule has 4 aromatic rings. The molecule has 2 aromatic carbocycles. The number of carbonyl (C=O) groups is 1. The van der Waals surface area contributed by atoms with Gasteiger partial charge in [0.1, 0.15) is 0 Å². The highest BCUT2D eigenvalue weighted by atomic mass is 35.5. The van der Waals surface area contributed by atoms with E-state index < -0.39 is 5.97 Å². The molecule has 0 fully saturated rings. The minimum atomic E-state index is -0.884. The number of hydrogen-bond acceptors (Lipinski definition) is 4. The van der Waals surface area contributed by atoms with E-state index >= 15 is 0 Å². The molecular formula is C18H11ClN2O3S. The topological polar surface area (TPSA) is 71.7 Å². The Morgan fingerprint density at radius 3 is 2.76 bits per heavy atom. The van der Waals surface area contributed by atoms with Crippen molar-refractivity contribution >= 4 is 44.1 Å². The fraction of sp³-hybridized carbons (Fsp3) is 0.0556. The number of carboxylic acids is 1. The Labute approximate surface area is 150 Å². The smallest absolute Gasteiger partial charge is 0.307 e. The van der Waals surface area contributed by atoms with Gasteiger partial charge in [0.05, 0.1) is 22.3 Å². The van der Waals surface area contributed by atoms with E-state index in [1.54, 1.807) is 12.1 Å². The van der Waals surface area contributed by atoms with E-state index in [0.29, 0.717) is 21.2 Å². The lowest BCUT2D eigenvalue weighted by atomic mass is 10.1. The first-order valence-electron chi connectivity index (χ1n) is 7.45. The third-order valence-corrected chi connectivity index (χ3v) is 5.20. The van der Waals surface area contributed by atoms with Crippen molar-refractivity contribution < 1.29 is 9.90 Å². The van der Waals surface area contributed by atoms with Crippen LogP contribution in [0.2, 0.25) is 5.02 Å². The van der Waals surface area contributed by atoms with Gasteiger partial charge in [-0.3, -0.25) is 14.0 Å². The summed E-state index contributed by atoms with van der Waals surface area (Å²) in [6.07, 6.45) is -0.0492. The molecule has 2 aromatic heterocycles. The van der Waals surface area contributed by atoms with Crippen molar-refractivity contribution in [3.63, 3.8) is 0 Å². The maximum absolute atomic E-state index is 12.0. The van der Waals surface area contributed by atoms with Crippen LogP contribution >= 0.6 is 22.9 Å². The van der Waals surface area contributed by atoms with Gasteiger partial charge in [0.25, 0.3) is 5.56 Å². The third-order valence-electron chi connectivity index (χ3n) is 3.87. The summed E-state index contributed by atoms with van der Waals surface area (Å²) < 4.78 is 2.75. The second kappa shape index (κ2) is 5.98. The Morgan fingerprint density at radius 2 is 2.00 bits per heavy atom. The molecule has 0 aliphatic rings. The summed E-state index contributed by atoms with van der Waals surface area (Å²) >= 11 is 7.66. The van der Waals surface area contributed by atoms with Gasteiger partial charge in [-0.15, -0.1) is 0 Å². The molecule has 0 amide bonds. The number of halogens is 1. The monoisotopic (exact) mass is 370 g/mol. The Hall–Kier alpha value is -2.70. The van der Waals surface area contributed by atoms with Gasteiger partial charge in [-0.1, -0.05) is 47.2 Å². The highest BCUT2D eigenvalue weighted by Crippen LogP contribution is 2.33. The summed E-state index contributed by atoms with van der Waals surface area (Å²) in [5.74, 6) is -0.884. The summed E-state index contributed by atoms with van der Waals surface area (Å²) in [5.41, 5.74) is 2.63. The molecule has 124 valence electrons. The Bertz CT molecular complexity index is 1200. The summed E-state index contributed by atoms with van der Waals surface area (Å²) in [6, 6.07) is 14.2. The van der Waals surface area contributed by atoms with Gasteiger partial charge in [-0.2, -0.15) is 4.98 Å². The SMILES string of the molecule is O=C(O)Cc1ccc2c(c1)sc1nc(=O)cc(-c3ccccc3Cl)n12. The molecule has 0 spiro atoms. The predicted octanol–water partition coefficient (Wildman–Crippen LogP) is 3.86. The number of hydrogen-bond donors (Lipinski definition) is 1. The second-order valence-electron chi connectivity index (χ2n) is 5.55. The average molecular weight is 371 g/mol. The van der Waals surface area contributed by atoms with Gasteiger partial charge in [0.15, 0.2) is 4.96 Å². The Kier molecular flexibility index (Phi) is 3.78. The quantitative estimate of drug-likeness (QED) is 0.594. The molecule has 4 rings (SSSR count). The zero-order valence-corrected chi connectivity index (χ0v) is 14.3. The molecule has 0 bridgehead atoms. The summed E-state index contributed by atoms with van der Waals surface area (Å²) in [7, 11) is 0. The van der Waals surface area contributed by atoms with Crippen LogP contribution in [-0.4, -0.2) is 20.5 Å². The van der Waals surface area contributed by atoms with Gasteiger partial charge in [0, 0.05) is 16.7 Å². The standard InChI is InChI=1S/C18H11ClN2O3S/c19-12-4-2-1-3-11(12)14-9-16(22)20-18-21(14)13-6-5-10(8-17(23)24)7-15(13)25-18/h1-7,9H,8H2,(H,23,24). The van der Waals surface area contributed by atoms with Gasteiger partial charge < -0.3 is 5.11 Å². The van der Waals surface area contributed by atoms with Crippen LogP contribution in [0.25, 0.3) is 26.4 Å². The average Bonchev–Trinajstić information content (AvgIpc) is 2.91. The van der Waals surface area contributed by atoms with Crippen molar-refractivity contribution in [1.29, 1.82) is 0 Å². The van der Waals surface area contributed by atoms with Crippen LogP contribution in [0.3, 0.4) is 0 Å². The molecule has 7 heteroatoms. The van der Waals surface area contributed by atoms with E-state index in [4.69, 9.17) is 16.7 Å². The first-order valence-corrected chi connectivity index (χ1v) is 8.64. The van der Waals surface area contributed by atoms with E-state index in [-0.39, 0.29) is 12.0 Å². The van der Waals surface area contributed by atoms with Crippen LogP contribution in [0, 0.1) is 0 Å². The molecule has 0 saturated heterocycles. The van der Waals surface area contributed by atoms with Crippen LogP contribution in [0.1, 0.15) is 5.56 Å². The minimum absolute atomic E-state index is 0.0492. The number of nitrogens with zero attached hydrogens (tertiary/aromatic N) is 2. The van der Waals surface area contributed by atoms with Crippen LogP contribution in [0.4, 0.5) is 0 Å². The largest absolute Gasteiger partial charge is 0.481 e. The van der Waals surface area contributed by atoms with E-state index in [1.165, 1.54) is 17.4 Å². The van der Waals surface area contributed by atoms with Crippen LogP contribution in [0.15, 0.2) is 53.3 Å². The summed E-state index contributed by atoms with van der Waals surface area (Å²) in [4.78, 5) is 27.6. The molecule has 5 nitrogen and oxygen atoms in total. The number of carboxylic acid groups (broad SMARTS) is 1. The highest BCUT2D eigenvalue weighted by Gasteiger charge is 2.14. The van der Waals surface area contributed by atoms with Crippen molar-refractivity contribution in [3.8, 4) is 11.3 Å². The van der Waals surface area contributed by atoms with Crippen molar-refractivity contribution in [3.05, 3.63) is 69.5 Å². The normalized spacial score (nSPS) is 11.2. The number of rotatable bonds is 3. The van der Waals surface area contributed by atoms with E-state index in [2.05, 4.69) is 4.98 Å². The summed E-state index contributed by atoms with van der Waals surface area (Å²) in [6.45, 7) is 0. The molecule has 1 N–H and O–H groups in total. The first kappa shape index (κ1) is 15.8. The molecule has 2 heterocycles. The number of aliphatic carboxylic acids is 1. The number of benzene rings is 2. The molecule has 0 radical (unpaired) electrons. The van der Waals surface area contributed by atoms with Crippen LogP contribution in [0.5, 0.6) is 0 Å². The molecular weight excluding hydrogens is 360 g/mol. The predicted molar refractivity (Wildman–Crippen MR) is 98.6 cm³/mol. The zero-order chi connectivity index (χ0) is 17.6. The molecule has 0 saturated carbocycles. The van der Waals surface area contributed by atoms with Gasteiger partial charge in [-0.25, -0.2) is 0 Å². The van der Waals surface area contributed by atoms with E-state index in [1.807, 2.05) is 34.7 Å². The second-order valence-corrected chi connectivity index (χ2v) is 6.97. The lowest BCUT2D eigenvalue weighted by Gasteiger charge is -2.08. The van der Waals surface area contributed by atoms with Crippen molar-refractivity contribution in [1.82, 2.24) is 9.38 Å². The fourth-order valence-corrected chi connectivity index (χ4v) is 4.16. The molecule has 0 unspecified atom stereocenters. The summed E-state index contributed by atoms with van der Waals surface area (Å²) in [5, 5.41) is 9.51. The van der Waals surface area contributed by atoms with Gasteiger partial charge in [-0.05, 0) is 23.8 Å². The Balaban J connectivity index is 2.05. The first-order chi connectivity index (χ1) is 12.0. The third kappa shape index (κ3) is 2.79. The van der Waals surface area contributed by atoms with Crippen molar-refractivity contribution in [2.24, 2.45) is 0 Å². The number of thiazole rings is 1. The fourth-order valence-electron chi connectivity index (χ4n) is 2.84. The molecule has 0 atom stereocenters. The number of fused-ring (bicyclic) bond motifs is 3. The van der Waals surface area contributed by atoms with Gasteiger partial charge in [0.2, 0.25) is 0 Å². The lowest BCUT2D eigenvalue weighted by molar-refractivity contribution is -0.136. The van der Waals surface area contributed by atoms with Crippen LogP contribution in [-0.2, 0) is 11.2 Å². The maximum atomic E-state index is 12.0. The molecule has 25 heavy (non-hydrogen) atoms. The van der Waals surface area contributed by atoms with E-state index in [9.17, 15) is 9.59 Å². The van der Waals surface area contributed by atoms with Crippen molar-refractivity contribution in [2.45, 2.75) is 6.42 Å². The van der Waals surface area contributed by atoms with E-state index in [0.717, 1.165) is 15.8 Å². The number of aromatic nitrogens is 2. The lowest BCUT2D eigenvalue weighted by Crippen LogP contribution is -2.08. The van der Waals surface area contributed by atoms with Crippen molar-refractivity contribution in [2.75, 3.05) is 0 Å². The van der Waals surface area contributed by atoms with Gasteiger partial charge >= 0.3 is 5.97 Å². The zero-order valence-electron chi connectivity index (χ0n) is 12.8. The molecule has 0 aliphatic carbocycles. The Morgan fingerprint density at radius 1 is 1.20 bits per heavy atom. The van der Waals surface area contributed by atoms with Crippen LogP contribution < -0.4 is 5.56 Å².